The van der Waals surface area contributed by atoms with E-state index < -0.39 is 107 Å². The van der Waals surface area contributed by atoms with Crippen molar-refractivity contribution in [1.29, 1.82) is 0 Å². The van der Waals surface area contributed by atoms with Gasteiger partial charge in [0.05, 0.1) is 65.2 Å². The monoisotopic (exact) mass is 1630 g/mol. The van der Waals surface area contributed by atoms with E-state index in [2.05, 4.69) is 64.9 Å². The zero-order valence-electron chi connectivity index (χ0n) is 63.7. The summed E-state index contributed by atoms with van der Waals surface area (Å²) in [5.41, 5.74) is 1.97. The quantitative estimate of drug-likeness (QED) is 0.0162. The maximum absolute atomic E-state index is 14.4. The number of carbonyl (C=O) groups excluding carboxylic acids is 5. The Morgan fingerprint density at radius 2 is 1.50 bits per heavy atom. The van der Waals surface area contributed by atoms with E-state index in [-0.39, 0.29) is 49.7 Å². The Morgan fingerprint density at radius 3 is 2.15 bits per heavy atom. The number of nitrogens with zero attached hydrogens (tertiary/aromatic N) is 6. The molecular formula is C79H101ClF3N11O13S4. The van der Waals surface area contributed by atoms with Crippen LogP contribution >= 0.6 is 34.7 Å². The Labute approximate surface area is 661 Å². The zero-order valence-corrected chi connectivity index (χ0v) is 67.7. The number of likely N-dealkylation sites (tertiary alicyclic amines) is 1. The van der Waals surface area contributed by atoms with Crippen LogP contribution in [0.15, 0.2) is 147 Å². The number of benzene rings is 5. The van der Waals surface area contributed by atoms with Crippen LogP contribution in [0.5, 0.6) is 0 Å². The van der Waals surface area contributed by atoms with Gasteiger partial charge in [-0.2, -0.15) is 13.2 Å². The maximum Gasteiger partial charge on any atom is 0.501 e. The molecule has 32 heteroatoms. The van der Waals surface area contributed by atoms with Crippen molar-refractivity contribution >= 4 is 101 Å². The molecule has 1 aromatic heterocycles. The largest absolute Gasteiger partial charge is 0.501 e. The fourth-order valence-electron chi connectivity index (χ4n) is 14.4. The molecule has 3 aliphatic heterocycles. The number of halogens is 4. The molecule has 3 fully saturated rings. The molecule has 4 aliphatic rings. The number of amides is 5. The van der Waals surface area contributed by atoms with Crippen LogP contribution in [0.4, 0.5) is 24.5 Å². The van der Waals surface area contributed by atoms with Crippen molar-refractivity contribution in [3.63, 3.8) is 0 Å². The molecule has 24 nitrogen and oxygen atoms in total. The van der Waals surface area contributed by atoms with Gasteiger partial charge in [-0.3, -0.25) is 33.8 Å². The van der Waals surface area contributed by atoms with Gasteiger partial charge in [-0.15, -0.1) is 23.1 Å². The summed E-state index contributed by atoms with van der Waals surface area (Å²) in [6.07, 6.45) is 2.12. The number of allylic oxidation sites excluding steroid dienone is 1. The van der Waals surface area contributed by atoms with Gasteiger partial charge in [0.15, 0.2) is 0 Å². The van der Waals surface area contributed by atoms with Gasteiger partial charge in [0.1, 0.15) is 30.2 Å². The molecular weight excluding hydrogens is 1530 g/mol. The van der Waals surface area contributed by atoms with Crippen molar-refractivity contribution in [2.24, 2.45) is 10.8 Å². The Balaban J connectivity index is 0.656. The number of sulfone groups is 1. The van der Waals surface area contributed by atoms with Crippen LogP contribution in [-0.4, -0.2) is 237 Å². The van der Waals surface area contributed by atoms with Crippen molar-refractivity contribution in [1.82, 2.24) is 45.3 Å². The molecule has 1 aliphatic carbocycles. The number of hydrogen-bond acceptors (Lipinski definition) is 21. The number of aliphatic hydroxyl groups is 1. The first-order valence-corrected chi connectivity index (χ1v) is 42.4. The fourth-order valence-corrected chi connectivity index (χ4v) is 18.3. The number of aryl methyl sites for hydroxylation is 1. The number of ether oxygens (including phenoxy) is 3. The normalized spacial score (nSPS) is 19.2. The van der Waals surface area contributed by atoms with Gasteiger partial charge >= 0.3 is 5.51 Å². The lowest BCUT2D eigenvalue weighted by Gasteiger charge is -2.42. The summed E-state index contributed by atoms with van der Waals surface area (Å²) >= 11 is 9.35. The van der Waals surface area contributed by atoms with E-state index in [1.165, 1.54) is 39.9 Å². The first kappa shape index (κ1) is 85.9. The first-order valence-electron chi connectivity index (χ1n) is 37.2. The Kier molecular flexibility index (Phi) is 29.8. The van der Waals surface area contributed by atoms with Gasteiger partial charge < -0.3 is 55.3 Å². The Bertz CT molecular complexity index is 4430. The lowest BCUT2D eigenvalue weighted by atomic mass is 9.71. The number of thiazole rings is 1. The molecule has 0 saturated carbocycles. The number of piperazine rings is 1. The highest BCUT2D eigenvalue weighted by Crippen LogP contribution is 2.44. The van der Waals surface area contributed by atoms with E-state index in [0.29, 0.717) is 95.4 Å². The SMILES string of the molecule is Cc1ncsc1-c1ccc([C@H](C)NC(=O)[C@@H]2C[C@@H](O)CN2C(=O)[C@@H](NC(=O)COCCOCC(=O)NCCN(C)CC2(C)CCC(c3ccc(Cl)cc3)=C(CN3CCN(c4ccc(C(=O)NS(=O)(=O)c5ccc(N[C@H](CCN6CCOCC6)CSc6ccccc6)c(S(=O)(=O)C(F)(F)F)c5)cc4)CC3)C2)C(C)(C)C)cc1. The summed E-state index contributed by atoms with van der Waals surface area (Å²) in [6, 6.07) is 30.8. The molecule has 10 rings (SSSR count). The van der Waals surface area contributed by atoms with Crippen molar-refractivity contribution < 1.29 is 73.3 Å². The summed E-state index contributed by atoms with van der Waals surface area (Å²) in [6.45, 7) is 18.8. The van der Waals surface area contributed by atoms with E-state index in [9.17, 15) is 59.1 Å². The van der Waals surface area contributed by atoms with Crippen LogP contribution in [0.1, 0.15) is 99.9 Å². The first-order chi connectivity index (χ1) is 52.7. The van der Waals surface area contributed by atoms with E-state index in [0.717, 1.165) is 82.3 Å². The summed E-state index contributed by atoms with van der Waals surface area (Å²) < 4.78 is 116. The van der Waals surface area contributed by atoms with Crippen LogP contribution in [0.25, 0.3) is 16.0 Å². The van der Waals surface area contributed by atoms with Gasteiger partial charge in [0.25, 0.3) is 25.8 Å². The minimum atomic E-state index is -6.12. The Morgan fingerprint density at radius 1 is 0.838 bits per heavy atom. The second kappa shape index (κ2) is 38.5. The highest BCUT2D eigenvalue weighted by Gasteiger charge is 2.49. The molecule has 0 spiro atoms. The number of thioether (sulfide) groups is 1. The maximum atomic E-state index is 14.4. The summed E-state index contributed by atoms with van der Waals surface area (Å²) in [7, 11) is -9.00. The third kappa shape index (κ3) is 23.8. The van der Waals surface area contributed by atoms with E-state index in [4.69, 9.17) is 25.8 Å². The van der Waals surface area contributed by atoms with Crippen LogP contribution in [0.2, 0.25) is 5.02 Å². The zero-order chi connectivity index (χ0) is 79.8. The molecule has 0 radical (unpaired) electrons. The standard InChI is InChI=1S/C79H101ClF3N11O13S4/c1-53(55-13-15-57(16-14-55)72-54(2)85-52-109-72)86-75(99)68-43-63(95)47-94(68)76(100)73(77(3,4)5)88-71(97)49-107-42-41-106-48-70(96)84-30-32-90(7)51-78(6)29-27-66(56-17-21-60(80)22-18-56)59(45-78)46-92-33-35-93(36-34-92)62-23-19-58(20-24-62)74(98)89-111(103,104)65-25-26-67(69(44-65)110(101,102)79(81,82)83)87-61(28-31-91-37-39-105-40-38-91)50-108-64-11-9-8-10-12-64/h8-26,44,52-53,61,63,68,73,87,95H,27-43,45-51H2,1-7H3,(H,84,96)(H,86,99)(H,88,97)(H,89,98)/t53-,61+,63+,68-,73+,78?/m0/s1. The van der Waals surface area contributed by atoms with Crippen LogP contribution in [0.3, 0.4) is 0 Å². The number of hydrogen-bond donors (Lipinski definition) is 6. The number of carbonyl (C=O) groups is 5. The molecule has 0 bridgehead atoms. The fraction of sp³-hybridized carbons (Fsp3) is 0.494. The van der Waals surface area contributed by atoms with Gasteiger partial charge in [0, 0.05) is 118 Å². The van der Waals surface area contributed by atoms with Gasteiger partial charge in [-0.25, -0.2) is 26.5 Å². The van der Waals surface area contributed by atoms with Gasteiger partial charge in [-0.05, 0) is 146 Å². The van der Waals surface area contributed by atoms with E-state index in [1.54, 1.807) is 49.8 Å². The topological polar surface area (TPSA) is 291 Å². The number of nitrogens with one attached hydrogen (secondary N) is 5. The van der Waals surface area contributed by atoms with Crippen LogP contribution < -0.4 is 30.9 Å². The number of aromatic nitrogens is 1. The average Bonchev–Trinajstić information content (AvgIpc) is 1.39. The molecule has 111 heavy (non-hydrogen) atoms. The smallest absolute Gasteiger partial charge is 0.391 e. The molecule has 3 saturated heterocycles. The lowest BCUT2D eigenvalue weighted by Crippen LogP contribution is -2.58. The van der Waals surface area contributed by atoms with Crippen molar-refractivity contribution in [3.05, 3.63) is 160 Å². The number of anilines is 2. The van der Waals surface area contributed by atoms with Crippen molar-refractivity contribution in [3.8, 4) is 10.4 Å². The third-order valence-corrected chi connectivity index (χ3v) is 25.7. The van der Waals surface area contributed by atoms with Crippen molar-refractivity contribution in [2.45, 2.75) is 124 Å². The number of rotatable bonds is 34. The molecule has 1 unspecified atom stereocenters. The van der Waals surface area contributed by atoms with Crippen LogP contribution in [-0.2, 0) is 53.2 Å². The van der Waals surface area contributed by atoms with Crippen molar-refractivity contribution in [2.75, 3.05) is 141 Å². The highest BCUT2D eigenvalue weighted by molar-refractivity contribution is 7.99. The molecule has 6 atom stereocenters. The number of β-amino-alcohol motifs (C(OH)–C–C–N with tert-alkyl or cyclic N) is 1. The minimum absolute atomic E-state index is 0.00759. The summed E-state index contributed by atoms with van der Waals surface area (Å²) in [5.74, 6) is -2.52. The van der Waals surface area contributed by atoms with E-state index >= 15 is 0 Å². The summed E-state index contributed by atoms with van der Waals surface area (Å²) in [4.78, 5) is 82.2. The minimum Gasteiger partial charge on any atom is -0.391 e. The molecule has 6 N–H and O–H groups in total. The van der Waals surface area contributed by atoms with E-state index in [1.807, 2.05) is 92.3 Å². The predicted octanol–water partition coefficient (Wildman–Crippen LogP) is 9.70. The van der Waals surface area contributed by atoms with Gasteiger partial charge in [0.2, 0.25) is 23.6 Å². The highest BCUT2D eigenvalue weighted by atomic mass is 35.5. The molecule has 602 valence electrons. The molecule has 4 heterocycles. The second-order valence-corrected chi connectivity index (χ2v) is 36.2. The number of morpholine rings is 1. The lowest BCUT2D eigenvalue weighted by molar-refractivity contribution is -0.144. The molecule has 5 amide bonds. The second-order valence-electron chi connectivity index (χ2n) is 30.2. The molecule has 5 aromatic carbocycles. The van der Waals surface area contributed by atoms with Gasteiger partial charge in [-0.1, -0.05) is 99.5 Å². The number of aliphatic hydroxyl groups excluding tert-OH is 1. The summed E-state index contributed by atoms with van der Waals surface area (Å²) in [5, 5.41) is 23.1. The number of likely N-dealkylation sites (N-methyl/N-ethyl adjacent to an activating group) is 1. The predicted molar refractivity (Wildman–Crippen MR) is 425 cm³/mol. The molecule has 6 aromatic rings. The third-order valence-electron chi connectivity index (χ3n) is 20.4. The number of alkyl halides is 3. The van der Waals surface area contributed by atoms with Crippen LogP contribution in [0, 0.1) is 17.8 Å². The Hall–Kier alpha value is -7.53. The number of sulfonamides is 1. The average molecular weight is 1630 g/mol.